The largest absolute Gasteiger partial charge is 0.228 e. The first-order chi connectivity index (χ1) is 11.8. The van der Waals surface area contributed by atoms with E-state index in [4.69, 9.17) is 0 Å². The molecular formula is C19H22O4S2. The highest BCUT2D eigenvalue weighted by Gasteiger charge is 2.15. The van der Waals surface area contributed by atoms with Gasteiger partial charge in [0.15, 0.2) is 19.7 Å². The minimum Gasteiger partial charge on any atom is -0.228 e. The number of benzene rings is 2. The van der Waals surface area contributed by atoms with Crippen LogP contribution in [0.3, 0.4) is 0 Å². The Kier molecular flexibility index (Phi) is 5.29. The smallest absolute Gasteiger partial charge is 0.154 e. The van der Waals surface area contributed by atoms with Crippen LogP contribution >= 0.6 is 0 Å². The lowest BCUT2D eigenvalue weighted by Crippen LogP contribution is -2.12. The number of rotatable bonds is 0. The van der Waals surface area contributed by atoms with E-state index in [2.05, 4.69) is 0 Å². The van der Waals surface area contributed by atoms with Crippen molar-refractivity contribution < 1.29 is 16.8 Å². The molecule has 4 aliphatic heterocycles. The SMILES string of the molecule is O=S1(=O)CCCc2ccc(cc2)CCS(=O)(=O)Cc2ccc(cc2)C1. The van der Waals surface area contributed by atoms with Crippen LogP contribution in [0.5, 0.6) is 0 Å². The highest BCUT2D eigenvalue weighted by molar-refractivity contribution is 7.90. The Morgan fingerprint density at radius 2 is 0.920 bits per heavy atom. The molecule has 6 rings (SSSR count). The average Bonchev–Trinajstić information content (AvgIpc) is 2.55. The monoisotopic (exact) mass is 378 g/mol. The lowest BCUT2D eigenvalue weighted by Gasteiger charge is -2.07. The minimum atomic E-state index is -3.20. The van der Waals surface area contributed by atoms with Crippen molar-refractivity contribution in [3.8, 4) is 0 Å². The maximum Gasteiger partial charge on any atom is 0.154 e. The molecule has 0 unspecified atom stereocenters. The molecule has 4 nitrogen and oxygen atoms in total. The Labute approximate surface area is 149 Å². The van der Waals surface area contributed by atoms with Crippen LogP contribution in [0.25, 0.3) is 0 Å². The molecule has 2 aromatic rings. The molecule has 0 N–H and O–H groups in total. The summed E-state index contributed by atoms with van der Waals surface area (Å²) in [5, 5.41) is 0. The number of hydrogen-bond donors (Lipinski definition) is 0. The van der Waals surface area contributed by atoms with Gasteiger partial charge in [-0.15, -0.1) is 0 Å². The van der Waals surface area contributed by atoms with E-state index in [1.165, 1.54) is 0 Å². The second-order valence-corrected chi connectivity index (χ2v) is 11.0. The Morgan fingerprint density at radius 1 is 0.520 bits per heavy atom. The fourth-order valence-electron chi connectivity index (χ4n) is 3.03. The van der Waals surface area contributed by atoms with Gasteiger partial charge in [0.05, 0.1) is 23.0 Å². The summed E-state index contributed by atoms with van der Waals surface area (Å²) in [6, 6.07) is 14.7. The van der Waals surface area contributed by atoms with Gasteiger partial charge in [0.1, 0.15) is 0 Å². The van der Waals surface area contributed by atoms with Crippen molar-refractivity contribution in [3.63, 3.8) is 0 Å². The van der Waals surface area contributed by atoms with E-state index < -0.39 is 19.7 Å². The van der Waals surface area contributed by atoms with Crippen LogP contribution in [0.4, 0.5) is 0 Å². The van der Waals surface area contributed by atoms with Gasteiger partial charge in [-0.05, 0) is 41.5 Å². The summed E-state index contributed by atoms with van der Waals surface area (Å²) in [7, 11) is -6.37. The normalized spacial score (nSPS) is 20.2. The Hall–Kier alpha value is -1.66. The third-order valence-electron chi connectivity index (χ3n) is 4.44. The maximum atomic E-state index is 12.3. The van der Waals surface area contributed by atoms with E-state index >= 15 is 0 Å². The molecular weight excluding hydrogens is 356 g/mol. The predicted molar refractivity (Wildman–Crippen MR) is 99.9 cm³/mol. The van der Waals surface area contributed by atoms with Gasteiger partial charge in [-0.3, -0.25) is 0 Å². The second kappa shape index (κ2) is 7.30. The first kappa shape index (κ1) is 18.1. The van der Waals surface area contributed by atoms with Crippen LogP contribution in [-0.4, -0.2) is 28.3 Å². The van der Waals surface area contributed by atoms with Gasteiger partial charge in [-0.25, -0.2) is 16.8 Å². The van der Waals surface area contributed by atoms with Gasteiger partial charge in [-0.2, -0.15) is 0 Å². The Balaban J connectivity index is 1.89. The lowest BCUT2D eigenvalue weighted by molar-refractivity contribution is 0.591. The number of sulfone groups is 2. The molecule has 0 atom stereocenters. The van der Waals surface area contributed by atoms with Crippen LogP contribution in [0, 0.1) is 0 Å². The molecule has 134 valence electrons. The summed E-state index contributed by atoms with van der Waals surface area (Å²) < 4.78 is 49.2. The van der Waals surface area contributed by atoms with Crippen molar-refractivity contribution in [2.75, 3.05) is 11.5 Å². The van der Waals surface area contributed by atoms with Gasteiger partial charge in [0, 0.05) is 0 Å². The van der Waals surface area contributed by atoms with Crippen LogP contribution in [0.15, 0.2) is 48.5 Å². The highest BCUT2D eigenvalue weighted by atomic mass is 32.2. The summed E-state index contributed by atoms with van der Waals surface area (Å²) >= 11 is 0. The van der Waals surface area contributed by atoms with Crippen LogP contribution in [-0.2, 0) is 44.0 Å². The van der Waals surface area contributed by atoms with Crippen molar-refractivity contribution in [3.05, 3.63) is 70.8 Å². The molecule has 0 aromatic heterocycles. The molecule has 0 fully saturated rings. The van der Waals surface area contributed by atoms with E-state index in [1.54, 1.807) is 24.3 Å². The van der Waals surface area contributed by atoms with Crippen LogP contribution in [0.2, 0.25) is 0 Å². The van der Waals surface area contributed by atoms with Crippen LogP contribution in [0.1, 0.15) is 28.7 Å². The Morgan fingerprint density at radius 3 is 1.44 bits per heavy atom. The summed E-state index contributed by atoms with van der Waals surface area (Å²) in [4.78, 5) is 0. The van der Waals surface area contributed by atoms with Gasteiger partial charge >= 0.3 is 0 Å². The zero-order valence-corrected chi connectivity index (χ0v) is 15.7. The zero-order valence-electron chi connectivity index (χ0n) is 14.0. The van der Waals surface area contributed by atoms with Gasteiger partial charge < -0.3 is 0 Å². The van der Waals surface area contributed by atoms with Gasteiger partial charge in [-0.1, -0.05) is 48.5 Å². The average molecular weight is 379 g/mol. The molecule has 0 saturated carbocycles. The number of aryl methyl sites for hydroxylation is 2. The van der Waals surface area contributed by atoms with E-state index in [0.29, 0.717) is 30.4 Å². The molecule has 4 bridgehead atoms. The third-order valence-corrected chi connectivity index (χ3v) is 7.72. The highest BCUT2D eigenvalue weighted by Crippen LogP contribution is 2.15. The van der Waals surface area contributed by atoms with E-state index in [9.17, 15) is 16.8 Å². The summed E-state index contributed by atoms with van der Waals surface area (Å²) in [5.74, 6) is 0.254. The second-order valence-electron chi connectivity index (χ2n) is 6.67. The molecule has 0 amide bonds. The lowest BCUT2D eigenvalue weighted by atomic mass is 10.1. The molecule has 0 saturated heterocycles. The van der Waals surface area contributed by atoms with Gasteiger partial charge in [0.2, 0.25) is 0 Å². The van der Waals surface area contributed by atoms with E-state index in [1.807, 2.05) is 24.3 Å². The fourth-order valence-corrected chi connectivity index (χ4v) is 5.85. The van der Waals surface area contributed by atoms with Gasteiger partial charge in [0.25, 0.3) is 0 Å². The fraction of sp³-hybridized carbons (Fsp3) is 0.368. The van der Waals surface area contributed by atoms with Crippen molar-refractivity contribution in [2.24, 2.45) is 0 Å². The molecule has 0 aliphatic carbocycles. The molecule has 4 heterocycles. The van der Waals surface area contributed by atoms with Crippen molar-refractivity contribution in [1.29, 1.82) is 0 Å². The molecule has 4 aliphatic rings. The first-order valence-electron chi connectivity index (χ1n) is 8.38. The topological polar surface area (TPSA) is 68.3 Å². The minimum absolute atomic E-state index is 0.00102. The van der Waals surface area contributed by atoms with Crippen molar-refractivity contribution in [1.82, 2.24) is 0 Å². The molecule has 25 heavy (non-hydrogen) atoms. The third kappa shape index (κ3) is 5.41. The van der Waals surface area contributed by atoms with Crippen molar-refractivity contribution >= 4 is 19.7 Å². The predicted octanol–water partition coefficient (Wildman–Crippen LogP) is 2.71. The standard InChI is InChI=1S/C19H22O4S2/c20-24(21)12-1-2-16-3-5-17(6-4-16)11-13-25(22,23)15-19-9-7-18(14-24)8-10-19/h3-10H,1-2,11-15H2. The summed E-state index contributed by atoms with van der Waals surface area (Å²) in [6.45, 7) is 0. The maximum absolute atomic E-state index is 12.3. The molecule has 2 aromatic carbocycles. The molecule has 6 heteroatoms. The quantitative estimate of drug-likeness (QED) is 0.707. The molecule has 0 spiro atoms. The number of hydrogen-bond acceptors (Lipinski definition) is 4. The van der Waals surface area contributed by atoms with Crippen molar-refractivity contribution in [2.45, 2.75) is 30.8 Å². The Bertz CT molecular complexity index is 926. The first-order valence-corrected chi connectivity index (χ1v) is 12.0. The van der Waals surface area contributed by atoms with Crippen LogP contribution < -0.4 is 0 Å². The zero-order chi connectivity index (χ0) is 17.9. The summed E-state index contributed by atoms with van der Waals surface area (Å²) in [5.41, 5.74) is 3.46. The molecule has 0 radical (unpaired) electrons. The van der Waals surface area contributed by atoms with E-state index in [-0.39, 0.29) is 23.0 Å². The summed E-state index contributed by atoms with van der Waals surface area (Å²) in [6.07, 6.45) is 1.79. The van der Waals surface area contributed by atoms with E-state index in [0.717, 1.165) is 11.1 Å².